The van der Waals surface area contributed by atoms with Gasteiger partial charge in [0.2, 0.25) is 0 Å². The molecule has 0 bridgehead atoms. The first-order valence-electron chi connectivity index (χ1n) is 3.58. The molecular weight excluding hydrogens is 157 g/mol. The molecule has 1 aliphatic heterocycles. The normalized spacial score (nSPS) is 31.1. The zero-order valence-corrected chi connectivity index (χ0v) is 6.53. The largest absolute Gasteiger partial charge is 0.419 e. The smallest absolute Gasteiger partial charge is 0.360 e. The Morgan fingerprint density at radius 1 is 1.45 bits per heavy atom. The SMILES string of the molecule is CC(C)CC1(C(F)(F)F)CO1. The third-order valence-electron chi connectivity index (χ3n) is 1.75. The van der Waals surface area contributed by atoms with Crippen molar-refractivity contribution >= 4 is 0 Å². The van der Waals surface area contributed by atoms with Crippen LogP contribution in [0.3, 0.4) is 0 Å². The molecule has 0 aromatic heterocycles. The highest BCUT2D eigenvalue weighted by atomic mass is 19.4. The molecule has 1 rings (SSSR count). The van der Waals surface area contributed by atoms with E-state index in [1.807, 2.05) is 0 Å². The van der Waals surface area contributed by atoms with E-state index in [1.54, 1.807) is 13.8 Å². The van der Waals surface area contributed by atoms with Gasteiger partial charge in [0.1, 0.15) is 0 Å². The molecule has 0 radical (unpaired) electrons. The fourth-order valence-corrected chi connectivity index (χ4v) is 1.14. The Labute approximate surface area is 63.5 Å². The molecule has 4 heteroatoms. The molecule has 0 aromatic rings. The van der Waals surface area contributed by atoms with Crippen LogP contribution in [0, 0.1) is 5.92 Å². The number of ether oxygens (including phenoxy) is 1. The summed E-state index contributed by atoms with van der Waals surface area (Å²) >= 11 is 0. The number of rotatable bonds is 2. The molecule has 1 unspecified atom stereocenters. The number of hydrogen-bond donors (Lipinski definition) is 0. The maximum absolute atomic E-state index is 12.1. The van der Waals surface area contributed by atoms with E-state index in [1.165, 1.54) is 0 Å². The van der Waals surface area contributed by atoms with Gasteiger partial charge in [-0.05, 0) is 12.3 Å². The molecule has 11 heavy (non-hydrogen) atoms. The minimum atomic E-state index is -4.18. The van der Waals surface area contributed by atoms with Crippen LogP contribution in [-0.2, 0) is 4.74 Å². The van der Waals surface area contributed by atoms with Gasteiger partial charge in [0.25, 0.3) is 0 Å². The summed E-state index contributed by atoms with van der Waals surface area (Å²) < 4.78 is 40.8. The average Bonchev–Trinajstić information content (AvgIpc) is 2.42. The molecule has 0 aliphatic carbocycles. The molecule has 0 spiro atoms. The van der Waals surface area contributed by atoms with Gasteiger partial charge < -0.3 is 4.74 Å². The van der Waals surface area contributed by atoms with E-state index in [0.717, 1.165) is 0 Å². The third kappa shape index (κ3) is 1.67. The number of hydrogen-bond acceptors (Lipinski definition) is 1. The zero-order chi connectivity index (χ0) is 8.70. The first-order chi connectivity index (χ1) is 4.87. The maximum atomic E-state index is 12.1. The highest BCUT2D eigenvalue weighted by Gasteiger charge is 2.65. The highest BCUT2D eigenvalue weighted by molar-refractivity contribution is 4.99. The molecule has 0 amide bonds. The van der Waals surface area contributed by atoms with Gasteiger partial charge in [0, 0.05) is 0 Å². The average molecular weight is 168 g/mol. The van der Waals surface area contributed by atoms with Crippen molar-refractivity contribution in [3.8, 4) is 0 Å². The van der Waals surface area contributed by atoms with Crippen LogP contribution >= 0.6 is 0 Å². The molecule has 0 saturated carbocycles. The lowest BCUT2D eigenvalue weighted by Gasteiger charge is -2.17. The minimum absolute atomic E-state index is 0.0270. The van der Waals surface area contributed by atoms with Crippen molar-refractivity contribution in [2.45, 2.75) is 32.0 Å². The van der Waals surface area contributed by atoms with Crippen molar-refractivity contribution in [2.24, 2.45) is 5.92 Å². The number of alkyl halides is 3. The van der Waals surface area contributed by atoms with E-state index >= 15 is 0 Å². The molecule has 1 aliphatic rings. The molecular formula is C7H11F3O. The molecule has 66 valence electrons. The quantitative estimate of drug-likeness (QED) is 0.576. The molecule has 0 aromatic carbocycles. The maximum Gasteiger partial charge on any atom is 0.419 e. The Morgan fingerprint density at radius 3 is 2.00 bits per heavy atom. The summed E-state index contributed by atoms with van der Waals surface area (Å²) in [5, 5.41) is 0. The van der Waals surface area contributed by atoms with E-state index < -0.39 is 11.8 Å². The topological polar surface area (TPSA) is 12.5 Å². The van der Waals surface area contributed by atoms with Crippen LogP contribution in [0.4, 0.5) is 13.2 Å². The van der Waals surface area contributed by atoms with Gasteiger partial charge in [-0.25, -0.2) is 0 Å². The molecule has 1 saturated heterocycles. The molecule has 1 fully saturated rings. The van der Waals surface area contributed by atoms with Crippen LogP contribution in [-0.4, -0.2) is 18.4 Å². The van der Waals surface area contributed by atoms with Gasteiger partial charge in [0.05, 0.1) is 6.61 Å². The Kier molecular flexibility index (Phi) is 1.90. The van der Waals surface area contributed by atoms with Crippen LogP contribution in [0.5, 0.6) is 0 Å². The second-order valence-electron chi connectivity index (χ2n) is 3.38. The highest BCUT2D eigenvalue weighted by Crippen LogP contribution is 2.47. The van der Waals surface area contributed by atoms with Crippen LogP contribution in [0.25, 0.3) is 0 Å². The van der Waals surface area contributed by atoms with Gasteiger partial charge in [-0.2, -0.15) is 13.2 Å². The third-order valence-corrected chi connectivity index (χ3v) is 1.75. The molecule has 1 nitrogen and oxygen atoms in total. The summed E-state index contributed by atoms with van der Waals surface area (Å²) in [5.41, 5.74) is -1.79. The summed E-state index contributed by atoms with van der Waals surface area (Å²) in [6, 6.07) is 0. The van der Waals surface area contributed by atoms with E-state index in [2.05, 4.69) is 4.74 Å². The van der Waals surface area contributed by atoms with Crippen molar-refractivity contribution in [3.05, 3.63) is 0 Å². The van der Waals surface area contributed by atoms with Gasteiger partial charge in [-0.1, -0.05) is 13.8 Å². The second-order valence-corrected chi connectivity index (χ2v) is 3.38. The lowest BCUT2D eigenvalue weighted by atomic mass is 9.97. The van der Waals surface area contributed by atoms with E-state index in [0.29, 0.717) is 0 Å². The summed E-state index contributed by atoms with van der Waals surface area (Å²) in [5.74, 6) is 0.0270. The van der Waals surface area contributed by atoms with Crippen LogP contribution in [0.1, 0.15) is 20.3 Å². The van der Waals surface area contributed by atoms with Crippen LogP contribution < -0.4 is 0 Å². The van der Waals surface area contributed by atoms with Crippen molar-refractivity contribution in [2.75, 3.05) is 6.61 Å². The number of epoxide rings is 1. The minimum Gasteiger partial charge on any atom is -0.360 e. The van der Waals surface area contributed by atoms with Crippen LogP contribution in [0.2, 0.25) is 0 Å². The fourth-order valence-electron chi connectivity index (χ4n) is 1.14. The Hall–Kier alpha value is -0.250. The summed E-state index contributed by atoms with van der Waals surface area (Å²) in [4.78, 5) is 0. The van der Waals surface area contributed by atoms with Gasteiger partial charge in [-0.15, -0.1) is 0 Å². The van der Waals surface area contributed by atoms with Crippen LogP contribution in [0.15, 0.2) is 0 Å². The molecule has 0 N–H and O–H groups in total. The van der Waals surface area contributed by atoms with E-state index in [4.69, 9.17) is 0 Å². The first kappa shape index (κ1) is 8.84. The number of halogens is 3. The predicted molar refractivity (Wildman–Crippen MR) is 34.2 cm³/mol. The lowest BCUT2D eigenvalue weighted by Crippen LogP contribution is -2.34. The van der Waals surface area contributed by atoms with Gasteiger partial charge >= 0.3 is 6.18 Å². The first-order valence-corrected chi connectivity index (χ1v) is 3.58. The van der Waals surface area contributed by atoms with E-state index in [-0.39, 0.29) is 18.9 Å². The molecule has 1 heterocycles. The summed E-state index contributed by atoms with van der Waals surface area (Å²) in [7, 11) is 0. The van der Waals surface area contributed by atoms with Crippen molar-refractivity contribution in [1.82, 2.24) is 0 Å². The fraction of sp³-hybridized carbons (Fsp3) is 1.00. The Morgan fingerprint density at radius 2 is 1.91 bits per heavy atom. The van der Waals surface area contributed by atoms with Gasteiger partial charge in [-0.3, -0.25) is 0 Å². The standard InChI is InChI=1S/C7H11F3O/c1-5(2)3-6(4-11-6)7(8,9)10/h5H,3-4H2,1-2H3. The van der Waals surface area contributed by atoms with Crippen molar-refractivity contribution in [1.29, 1.82) is 0 Å². The molecule has 1 atom stereocenters. The zero-order valence-electron chi connectivity index (χ0n) is 6.53. The lowest BCUT2D eigenvalue weighted by molar-refractivity contribution is -0.187. The predicted octanol–water partition coefficient (Wildman–Crippen LogP) is 2.36. The summed E-state index contributed by atoms with van der Waals surface area (Å²) in [6.45, 7) is 3.36. The monoisotopic (exact) mass is 168 g/mol. The Bertz CT molecular complexity index is 146. The van der Waals surface area contributed by atoms with Crippen molar-refractivity contribution < 1.29 is 17.9 Å². The van der Waals surface area contributed by atoms with Gasteiger partial charge in [0.15, 0.2) is 5.60 Å². The second kappa shape index (κ2) is 2.37. The van der Waals surface area contributed by atoms with E-state index in [9.17, 15) is 13.2 Å². The van der Waals surface area contributed by atoms with Crippen molar-refractivity contribution in [3.63, 3.8) is 0 Å². The summed E-state index contributed by atoms with van der Waals surface area (Å²) in [6.07, 6.45) is -4.10. The Balaban J connectivity index is 2.54.